The average Bonchev–Trinajstić information content (AvgIpc) is 2.48. The number of rotatable bonds is 7. The highest BCUT2D eigenvalue weighted by atomic mass is 32.2. The summed E-state index contributed by atoms with van der Waals surface area (Å²) in [6.45, 7) is 3.90. The number of nitrogens with one attached hydrogen (secondary N) is 1. The van der Waals surface area contributed by atoms with Gasteiger partial charge in [0.25, 0.3) is 0 Å². The first kappa shape index (κ1) is 16.5. The molecule has 0 aromatic heterocycles. The zero-order valence-electron chi connectivity index (χ0n) is 12.8. The summed E-state index contributed by atoms with van der Waals surface area (Å²) in [5.74, 6) is 1.32. The van der Waals surface area contributed by atoms with Gasteiger partial charge in [-0.05, 0) is 49.7 Å². The number of hydrogen-bond acceptors (Lipinski definition) is 3. The highest BCUT2D eigenvalue weighted by Crippen LogP contribution is 2.22. The van der Waals surface area contributed by atoms with Crippen molar-refractivity contribution in [3.63, 3.8) is 0 Å². The monoisotopic (exact) mass is 319 g/mol. The molecule has 0 saturated heterocycles. The van der Waals surface area contributed by atoms with Crippen LogP contribution in [0.1, 0.15) is 26.7 Å². The van der Waals surface area contributed by atoms with Crippen molar-refractivity contribution in [1.82, 2.24) is 4.72 Å². The molecule has 0 bridgehead atoms. The Hall–Kier alpha value is -1.85. The lowest BCUT2D eigenvalue weighted by molar-refractivity contribution is 0.482. The molecule has 0 aliphatic rings. The van der Waals surface area contributed by atoms with Crippen LogP contribution in [-0.2, 0) is 10.0 Å². The first-order valence-electron chi connectivity index (χ1n) is 7.36. The molecular weight excluding hydrogens is 298 g/mol. The van der Waals surface area contributed by atoms with Gasteiger partial charge in [0.2, 0.25) is 10.0 Å². The molecule has 2 aromatic carbocycles. The summed E-state index contributed by atoms with van der Waals surface area (Å²) in [6.07, 6.45) is 1.75. The Labute approximate surface area is 132 Å². The van der Waals surface area contributed by atoms with E-state index >= 15 is 0 Å². The molecule has 0 spiro atoms. The van der Waals surface area contributed by atoms with Crippen molar-refractivity contribution in [3.05, 3.63) is 54.6 Å². The van der Waals surface area contributed by atoms with Gasteiger partial charge in [-0.2, -0.15) is 0 Å². The molecule has 22 heavy (non-hydrogen) atoms. The second-order valence-corrected chi connectivity index (χ2v) is 6.91. The second-order valence-electron chi connectivity index (χ2n) is 5.20. The highest BCUT2D eigenvalue weighted by molar-refractivity contribution is 7.89. The van der Waals surface area contributed by atoms with Crippen LogP contribution in [0.15, 0.2) is 59.5 Å². The van der Waals surface area contributed by atoms with Crippen molar-refractivity contribution in [2.24, 2.45) is 0 Å². The maximum atomic E-state index is 12.2. The molecule has 0 fully saturated rings. The van der Waals surface area contributed by atoms with Gasteiger partial charge in [-0.25, -0.2) is 13.1 Å². The van der Waals surface area contributed by atoms with E-state index in [-0.39, 0.29) is 10.9 Å². The molecule has 2 aromatic rings. The molecule has 2 rings (SSSR count). The smallest absolute Gasteiger partial charge is 0.240 e. The lowest BCUT2D eigenvalue weighted by atomic mass is 10.2. The van der Waals surface area contributed by atoms with Gasteiger partial charge in [-0.15, -0.1) is 0 Å². The fourth-order valence-electron chi connectivity index (χ4n) is 2.14. The number of sulfonamides is 1. The van der Waals surface area contributed by atoms with Crippen molar-refractivity contribution in [1.29, 1.82) is 0 Å². The first-order valence-corrected chi connectivity index (χ1v) is 8.85. The number of para-hydroxylation sites is 1. The van der Waals surface area contributed by atoms with E-state index in [9.17, 15) is 8.42 Å². The van der Waals surface area contributed by atoms with E-state index in [0.717, 1.165) is 12.8 Å². The van der Waals surface area contributed by atoms with Gasteiger partial charge < -0.3 is 4.74 Å². The third-order valence-corrected chi connectivity index (χ3v) is 4.80. The fraction of sp³-hybridized carbons (Fsp3) is 0.294. The molecule has 1 unspecified atom stereocenters. The maximum Gasteiger partial charge on any atom is 0.240 e. The molecular formula is C17H21NO3S. The standard InChI is InChI=1S/C17H21NO3S/c1-3-7-14(2)18-22(19,20)17-12-10-16(11-13-17)21-15-8-5-4-6-9-15/h4-6,8-14,18H,3,7H2,1-2H3. The molecule has 0 radical (unpaired) electrons. The molecule has 0 saturated carbocycles. The average molecular weight is 319 g/mol. The molecule has 0 heterocycles. The SMILES string of the molecule is CCCC(C)NS(=O)(=O)c1ccc(Oc2ccccc2)cc1. The van der Waals surface area contributed by atoms with Crippen molar-refractivity contribution in [3.8, 4) is 11.5 Å². The normalized spacial score (nSPS) is 12.8. The Morgan fingerprint density at radius 3 is 2.18 bits per heavy atom. The van der Waals surface area contributed by atoms with Crippen LogP contribution in [-0.4, -0.2) is 14.5 Å². The van der Waals surface area contributed by atoms with Gasteiger partial charge >= 0.3 is 0 Å². The highest BCUT2D eigenvalue weighted by Gasteiger charge is 2.16. The predicted molar refractivity (Wildman–Crippen MR) is 87.6 cm³/mol. The van der Waals surface area contributed by atoms with Gasteiger partial charge in [0.15, 0.2) is 0 Å². The Bertz CT molecular complexity index is 682. The molecule has 118 valence electrons. The van der Waals surface area contributed by atoms with Crippen LogP contribution < -0.4 is 9.46 Å². The van der Waals surface area contributed by atoms with Crippen molar-refractivity contribution < 1.29 is 13.2 Å². The second kappa shape index (κ2) is 7.42. The van der Waals surface area contributed by atoms with Gasteiger partial charge in [0.05, 0.1) is 4.90 Å². The van der Waals surface area contributed by atoms with E-state index in [4.69, 9.17) is 4.74 Å². The summed E-state index contributed by atoms with van der Waals surface area (Å²) in [4.78, 5) is 0.246. The third-order valence-electron chi connectivity index (χ3n) is 3.19. The van der Waals surface area contributed by atoms with Gasteiger partial charge in [0.1, 0.15) is 11.5 Å². The lowest BCUT2D eigenvalue weighted by Crippen LogP contribution is -2.32. The quantitative estimate of drug-likeness (QED) is 0.841. The van der Waals surface area contributed by atoms with Crippen molar-refractivity contribution in [2.45, 2.75) is 37.6 Å². The fourth-order valence-corrected chi connectivity index (χ4v) is 3.41. The molecule has 0 aliphatic carbocycles. The summed E-state index contributed by atoms with van der Waals surface area (Å²) < 4.78 is 32.8. The largest absolute Gasteiger partial charge is 0.457 e. The number of ether oxygens (including phenoxy) is 1. The lowest BCUT2D eigenvalue weighted by Gasteiger charge is -2.13. The first-order chi connectivity index (χ1) is 10.5. The zero-order chi connectivity index (χ0) is 16.0. The van der Waals surface area contributed by atoms with Crippen LogP contribution >= 0.6 is 0 Å². The molecule has 5 heteroatoms. The Balaban J connectivity index is 2.08. The number of hydrogen-bond donors (Lipinski definition) is 1. The Morgan fingerprint density at radius 2 is 1.59 bits per heavy atom. The summed E-state index contributed by atoms with van der Waals surface area (Å²) >= 11 is 0. The molecule has 4 nitrogen and oxygen atoms in total. The Kier molecular flexibility index (Phi) is 5.57. The minimum Gasteiger partial charge on any atom is -0.457 e. The predicted octanol–water partition coefficient (Wildman–Crippen LogP) is 3.95. The van der Waals surface area contributed by atoms with Crippen LogP contribution in [0.3, 0.4) is 0 Å². The van der Waals surface area contributed by atoms with Crippen molar-refractivity contribution >= 4 is 10.0 Å². The molecule has 1 atom stereocenters. The minimum absolute atomic E-state index is 0.0738. The van der Waals surface area contributed by atoms with Gasteiger partial charge in [0, 0.05) is 6.04 Å². The van der Waals surface area contributed by atoms with Crippen LogP contribution in [0.4, 0.5) is 0 Å². The van der Waals surface area contributed by atoms with Crippen molar-refractivity contribution in [2.75, 3.05) is 0 Å². The Morgan fingerprint density at radius 1 is 1.00 bits per heavy atom. The van der Waals surface area contributed by atoms with E-state index in [1.807, 2.05) is 44.2 Å². The van der Waals surface area contributed by atoms with E-state index in [0.29, 0.717) is 11.5 Å². The number of benzene rings is 2. The van der Waals surface area contributed by atoms with Gasteiger partial charge in [-0.1, -0.05) is 31.5 Å². The van der Waals surface area contributed by atoms with Crippen LogP contribution in [0.5, 0.6) is 11.5 Å². The summed E-state index contributed by atoms with van der Waals surface area (Å²) in [5, 5.41) is 0. The molecule has 0 amide bonds. The van der Waals surface area contributed by atoms with Gasteiger partial charge in [-0.3, -0.25) is 0 Å². The summed E-state index contributed by atoms with van der Waals surface area (Å²) in [5.41, 5.74) is 0. The summed E-state index contributed by atoms with van der Waals surface area (Å²) in [7, 11) is -3.48. The summed E-state index contributed by atoms with van der Waals surface area (Å²) in [6, 6.07) is 15.7. The van der Waals surface area contributed by atoms with E-state index in [1.165, 1.54) is 0 Å². The van der Waals surface area contributed by atoms with E-state index in [1.54, 1.807) is 24.3 Å². The van der Waals surface area contributed by atoms with Crippen LogP contribution in [0, 0.1) is 0 Å². The van der Waals surface area contributed by atoms with E-state index in [2.05, 4.69) is 4.72 Å². The van der Waals surface area contributed by atoms with E-state index < -0.39 is 10.0 Å². The van der Waals surface area contributed by atoms with Crippen LogP contribution in [0.2, 0.25) is 0 Å². The molecule has 0 aliphatic heterocycles. The van der Waals surface area contributed by atoms with Crippen LogP contribution in [0.25, 0.3) is 0 Å². The molecule has 1 N–H and O–H groups in total. The third kappa shape index (κ3) is 4.58. The zero-order valence-corrected chi connectivity index (χ0v) is 13.6. The minimum atomic E-state index is -3.48. The topological polar surface area (TPSA) is 55.4 Å². The maximum absolute atomic E-state index is 12.2.